The van der Waals surface area contributed by atoms with Crippen molar-refractivity contribution in [1.29, 1.82) is 0 Å². The van der Waals surface area contributed by atoms with E-state index in [1.54, 1.807) is 16.8 Å². The molecule has 0 aliphatic rings. The molecule has 0 unspecified atom stereocenters. The van der Waals surface area contributed by atoms with E-state index in [2.05, 4.69) is 4.98 Å². The monoisotopic (exact) mass is 253 g/mol. The van der Waals surface area contributed by atoms with Gasteiger partial charge in [0.1, 0.15) is 5.82 Å². The molecule has 0 radical (unpaired) electrons. The second kappa shape index (κ2) is 5.63. The summed E-state index contributed by atoms with van der Waals surface area (Å²) in [4.78, 5) is 4.15. The van der Waals surface area contributed by atoms with Crippen LogP contribution in [0.25, 0.3) is 0 Å². The van der Waals surface area contributed by atoms with Crippen molar-refractivity contribution in [3.63, 3.8) is 0 Å². The number of phenolic OH excluding ortho intramolecular Hbond substituents is 1. The van der Waals surface area contributed by atoms with Crippen molar-refractivity contribution in [2.45, 2.75) is 12.8 Å². The van der Waals surface area contributed by atoms with Gasteiger partial charge >= 0.3 is 0 Å². The number of phenols is 1. The standard InChI is InChI=1S/C12H12FNO2S/c13-9-3-4-12(11(15)6-9)16-5-1-2-10-7-17-8-14-10/h3-4,6-8,15H,1-2,5H2. The highest BCUT2D eigenvalue weighted by Crippen LogP contribution is 2.26. The Bertz CT molecular complexity index is 473. The minimum Gasteiger partial charge on any atom is -0.504 e. The summed E-state index contributed by atoms with van der Waals surface area (Å²) in [5.74, 6) is -0.333. The molecular weight excluding hydrogens is 241 g/mol. The first-order valence-electron chi connectivity index (χ1n) is 5.24. The van der Waals surface area contributed by atoms with E-state index in [1.165, 1.54) is 12.1 Å². The molecule has 2 rings (SSSR count). The molecule has 1 N–H and O–H groups in total. The quantitative estimate of drug-likeness (QED) is 0.833. The zero-order valence-electron chi connectivity index (χ0n) is 9.10. The van der Waals surface area contributed by atoms with Crippen LogP contribution >= 0.6 is 11.3 Å². The Morgan fingerprint density at radius 1 is 1.41 bits per heavy atom. The molecule has 1 aromatic heterocycles. The first-order chi connectivity index (χ1) is 8.25. The summed E-state index contributed by atoms with van der Waals surface area (Å²) >= 11 is 1.56. The number of rotatable bonds is 5. The van der Waals surface area contributed by atoms with Gasteiger partial charge in [0.25, 0.3) is 0 Å². The van der Waals surface area contributed by atoms with Crippen LogP contribution in [0.4, 0.5) is 4.39 Å². The van der Waals surface area contributed by atoms with E-state index in [0.717, 1.165) is 24.6 Å². The van der Waals surface area contributed by atoms with E-state index in [0.29, 0.717) is 12.4 Å². The SMILES string of the molecule is Oc1cc(F)ccc1OCCCc1cscn1. The summed E-state index contributed by atoms with van der Waals surface area (Å²) in [6.07, 6.45) is 1.64. The molecule has 90 valence electrons. The Morgan fingerprint density at radius 3 is 3.00 bits per heavy atom. The number of halogens is 1. The number of hydrogen-bond acceptors (Lipinski definition) is 4. The van der Waals surface area contributed by atoms with Gasteiger partial charge in [-0.05, 0) is 25.0 Å². The van der Waals surface area contributed by atoms with E-state index in [-0.39, 0.29) is 5.75 Å². The first kappa shape index (κ1) is 11.9. The fourth-order valence-electron chi connectivity index (χ4n) is 1.41. The van der Waals surface area contributed by atoms with Crippen molar-refractivity contribution in [2.75, 3.05) is 6.61 Å². The minimum absolute atomic E-state index is 0.168. The van der Waals surface area contributed by atoms with Crippen LogP contribution in [0, 0.1) is 5.82 Å². The van der Waals surface area contributed by atoms with Gasteiger partial charge in [0.2, 0.25) is 0 Å². The lowest BCUT2D eigenvalue weighted by Gasteiger charge is -2.07. The molecule has 0 bridgehead atoms. The van der Waals surface area contributed by atoms with E-state index < -0.39 is 5.82 Å². The van der Waals surface area contributed by atoms with E-state index in [9.17, 15) is 9.50 Å². The van der Waals surface area contributed by atoms with Crippen LogP contribution in [0.15, 0.2) is 29.1 Å². The number of nitrogens with zero attached hydrogens (tertiary/aromatic N) is 1. The van der Waals surface area contributed by atoms with Gasteiger partial charge in [-0.1, -0.05) is 0 Å². The van der Waals surface area contributed by atoms with Crippen LogP contribution in [0.5, 0.6) is 11.5 Å². The van der Waals surface area contributed by atoms with E-state index in [1.807, 2.05) is 5.38 Å². The first-order valence-corrected chi connectivity index (χ1v) is 6.18. The Kier molecular flexibility index (Phi) is 3.93. The van der Waals surface area contributed by atoms with Crippen molar-refractivity contribution in [2.24, 2.45) is 0 Å². The fraction of sp³-hybridized carbons (Fsp3) is 0.250. The number of aromatic nitrogens is 1. The molecule has 0 atom stereocenters. The molecule has 3 nitrogen and oxygen atoms in total. The molecule has 0 saturated carbocycles. The van der Waals surface area contributed by atoms with Gasteiger partial charge in [-0.3, -0.25) is 0 Å². The van der Waals surface area contributed by atoms with Crippen LogP contribution in [0.1, 0.15) is 12.1 Å². The lowest BCUT2D eigenvalue weighted by atomic mass is 10.2. The van der Waals surface area contributed by atoms with E-state index >= 15 is 0 Å². The van der Waals surface area contributed by atoms with Gasteiger partial charge in [0.05, 0.1) is 17.8 Å². The highest BCUT2D eigenvalue weighted by Gasteiger charge is 2.03. The molecule has 5 heteroatoms. The topological polar surface area (TPSA) is 42.4 Å². The molecule has 2 aromatic rings. The molecule has 0 fully saturated rings. The van der Waals surface area contributed by atoms with Crippen molar-refractivity contribution in [1.82, 2.24) is 4.98 Å². The number of ether oxygens (including phenoxy) is 1. The number of benzene rings is 1. The summed E-state index contributed by atoms with van der Waals surface area (Å²) in [7, 11) is 0. The van der Waals surface area contributed by atoms with Crippen molar-refractivity contribution >= 4 is 11.3 Å². The lowest BCUT2D eigenvalue weighted by Crippen LogP contribution is -1.99. The Labute approximate surface area is 103 Å². The molecule has 17 heavy (non-hydrogen) atoms. The highest BCUT2D eigenvalue weighted by atomic mass is 32.1. The maximum absolute atomic E-state index is 12.7. The average molecular weight is 253 g/mol. The predicted octanol–water partition coefficient (Wildman–Crippen LogP) is 3.00. The fourth-order valence-corrected chi connectivity index (χ4v) is 2.00. The smallest absolute Gasteiger partial charge is 0.161 e. The number of thiazole rings is 1. The molecular formula is C12H12FNO2S. The average Bonchev–Trinajstić information content (AvgIpc) is 2.79. The molecule has 1 aromatic carbocycles. The van der Waals surface area contributed by atoms with Gasteiger partial charge in [0.15, 0.2) is 11.5 Å². The van der Waals surface area contributed by atoms with Crippen LogP contribution < -0.4 is 4.74 Å². The number of aromatic hydroxyl groups is 1. The Balaban J connectivity index is 1.78. The number of aryl methyl sites for hydroxylation is 1. The van der Waals surface area contributed by atoms with Gasteiger partial charge in [-0.15, -0.1) is 11.3 Å². The number of hydrogen-bond donors (Lipinski definition) is 1. The van der Waals surface area contributed by atoms with Crippen LogP contribution in [-0.2, 0) is 6.42 Å². The molecule has 0 saturated heterocycles. The highest BCUT2D eigenvalue weighted by molar-refractivity contribution is 7.07. The third-order valence-electron chi connectivity index (χ3n) is 2.24. The summed E-state index contributed by atoms with van der Waals surface area (Å²) in [6.45, 7) is 0.469. The molecule has 0 spiro atoms. The lowest BCUT2D eigenvalue weighted by molar-refractivity contribution is 0.293. The predicted molar refractivity (Wildman–Crippen MR) is 64.0 cm³/mol. The van der Waals surface area contributed by atoms with Gasteiger partial charge in [-0.2, -0.15) is 0 Å². The van der Waals surface area contributed by atoms with Gasteiger partial charge in [0, 0.05) is 11.4 Å². The molecule has 1 heterocycles. The second-order valence-corrected chi connectivity index (χ2v) is 4.26. The van der Waals surface area contributed by atoms with Crippen molar-refractivity contribution in [3.8, 4) is 11.5 Å². The third kappa shape index (κ3) is 3.42. The summed E-state index contributed by atoms with van der Waals surface area (Å²) in [5.41, 5.74) is 2.84. The van der Waals surface area contributed by atoms with Gasteiger partial charge in [-0.25, -0.2) is 9.37 Å². The second-order valence-electron chi connectivity index (χ2n) is 3.54. The van der Waals surface area contributed by atoms with Crippen molar-refractivity contribution < 1.29 is 14.2 Å². The van der Waals surface area contributed by atoms with Crippen LogP contribution in [-0.4, -0.2) is 16.7 Å². The molecule has 0 amide bonds. The summed E-state index contributed by atoms with van der Waals surface area (Å²) in [5, 5.41) is 11.4. The largest absolute Gasteiger partial charge is 0.504 e. The molecule has 0 aliphatic carbocycles. The van der Waals surface area contributed by atoms with Crippen LogP contribution in [0.2, 0.25) is 0 Å². The summed E-state index contributed by atoms with van der Waals surface area (Å²) in [6, 6.07) is 3.72. The molecule has 0 aliphatic heterocycles. The van der Waals surface area contributed by atoms with E-state index in [4.69, 9.17) is 4.74 Å². The normalized spacial score (nSPS) is 10.4. The zero-order chi connectivity index (χ0) is 12.1. The third-order valence-corrected chi connectivity index (χ3v) is 2.87. The Morgan fingerprint density at radius 2 is 2.29 bits per heavy atom. The summed E-state index contributed by atoms with van der Waals surface area (Å²) < 4.78 is 18.0. The maximum Gasteiger partial charge on any atom is 0.161 e. The minimum atomic E-state index is -0.475. The van der Waals surface area contributed by atoms with Gasteiger partial charge < -0.3 is 9.84 Å². The van der Waals surface area contributed by atoms with Crippen molar-refractivity contribution in [3.05, 3.63) is 40.6 Å². The maximum atomic E-state index is 12.7. The zero-order valence-corrected chi connectivity index (χ0v) is 9.91. The van der Waals surface area contributed by atoms with Crippen LogP contribution in [0.3, 0.4) is 0 Å². The Hall–Kier alpha value is -1.62.